The Bertz CT molecular complexity index is 815. The summed E-state index contributed by atoms with van der Waals surface area (Å²) < 4.78 is 21.4. The number of oxazole rings is 1. The Hall–Kier alpha value is -3.22. The highest BCUT2D eigenvalue weighted by atomic mass is 16.5. The number of benzene rings is 2. The first-order valence-electron chi connectivity index (χ1n) is 7.20. The molecule has 0 saturated heterocycles. The minimum atomic E-state index is 0.319. The summed E-state index contributed by atoms with van der Waals surface area (Å²) in [5.41, 5.74) is 5.00. The lowest BCUT2D eigenvalue weighted by molar-refractivity contribution is 0.324. The second-order valence-electron chi connectivity index (χ2n) is 4.82. The number of hydrogen-bond acceptors (Lipinski definition) is 7. The number of anilines is 1. The molecule has 0 bridgehead atoms. The molecule has 0 spiro atoms. The monoisotopic (exact) mass is 327 g/mol. The third-order valence-electron chi connectivity index (χ3n) is 3.35. The van der Waals surface area contributed by atoms with Gasteiger partial charge in [0.15, 0.2) is 17.1 Å². The number of ether oxygens (including phenoxy) is 3. The number of para-hydroxylation sites is 2. The van der Waals surface area contributed by atoms with Crippen LogP contribution in [0, 0.1) is 0 Å². The van der Waals surface area contributed by atoms with Crippen molar-refractivity contribution in [2.75, 3.05) is 26.8 Å². The molecule has 7 heteroatoms. The molecule has 1 heterocycles. The fourth-order valence-corrected chi connectivity index (χ4v) is 2.26. The minimum absolute atomic E-state index is 0.319. The van der Waals surface area contributed by atoms with Gasteiger partial charge in [-0.05, 0) is 24.3 Å². The predicted octanol–water partition coefficient (Wildman–Crippen LogP) is 3.30. The summed E-state index contributed by atoms with van der Waals surface area (Å²) in [5.74, 6) is 1.64. The van der Waals surface area contributed by atoms with Gasteiger partial charge in [-0.15, -0.1) is 0 Å². The molecule has 0 aliphatic rings. The van der Waals surface area contributed by atoms with Crippen LogP contribution in [0.15, 0.2) is 45.9 Å². The van der Waals surface area contributed by atoms with Crippen molar-refractivity contribution >= 4 is 23.3 Å². The van der Waals surface area contributed by atoms with E-state index >= 15 is 0 Å². The summed E-state index contributed by atoms with van der Waals surface area (Å²) in [4.78, 5) is 4.28. The molecule has 0 fully saturated rings. The van der Waals surface area contributed by atoms with Crippen LogP contribution in [0.4, 0.5) is 6.01 Å². The van der Waals surface area contributed by atoms with Gasteiger partial charge in [-0.3, -0.25) is 0 Å². The van der Waals surface area contributed by atoms with Gasteiger partial charge in [-0.25, -0.2) is 5.43 Å². The van der Waals surface area contributed by atoms with Gasteiger partial charge in [0.2, 0.25) is 5.75 Å². The fourth-order valence-electron chi connectivity index (χ4n) is 2.26. The second kappa shape index (κ2) is 6.91. The molecule has 0 unspecified atom stereocenters. The molecule has 3 aromatic rings. The number of methoxy groups -OCH3 is 3. The zero-order valence-electron chi connectivity index (χ0n) is 13.6. The highest BCUT2D eigenvalue weighted by Crippen LogP contribution is 2.37. The van der Waals surface area contributed by atoms with E-state index in [-0.39, 0.29) is 0 Å². The normalized spacial score (nSPS) is 11.0. The average Bonchev–Trinajstić information content (AvgIpc) is 3.03. The van der Waals surface area contributed by atoms with Crippen LogP contribution in [0.25, 0.3) is 11.1 Å². The highest BCUT2D eigenvalue weighted by Gasteiger charge is 2.12. The van der Waals surface area contributed by atoms with E-state index in [1.807, 2.05) is 24.3 Å². The van der Waals surface area contributed by atoms with Crippen LogP contribution in [0.5, 0.6) is 17.2 Å². The van der Waals surface area contributed by atoms with Crippen LogP contribution in [-0.4, -0.2) is 32.5 Å². The molecule has 0 radical (unpaired) electrons. The van der Waals surface area contributed by atoms with Crippen LogP contribution in [-0.2, 0) is 0 Å². The summed E-state index contributed by atoms with van der Waals surface area (Å²) in [6.45, 7) is 0. The second-order valence-corrected chi connectivity index (χ2v) is 4.82. The molecule has 7 nitrogen and oxygen atoms in total. The molecule has 124 valence electrons. The molecule has 0 saturated carbocycles. The van der Waals surface area contributed by atoms with Crippen molar-refractivity contribution in [3.63, 3.8) is 0 Å². The lowest BCUT2D eigenvalue weighted by atomic mass is 10.2. The lowest BCUT2D eigenvalue weighted by Crippen LogP contribution is -1.97. The molecule has 1 N–H and O–H groups in total. The topological polar surface area (TPSA) is 78.1 Å². The number of aromatic nitrogens is 1. The van der Waals surface area contributed by atoms with Crippen molar-refractivity contribution in [1.29, 1.82) is 0 Å². The van der Waals surface area contributed by atoms with Gasteiger partial charge in [0.25, 0.3) is 0 Å². The summed E-state index contributed by atoms with van der Waals surface area (Å²) >= 11 is 0. The Kier molecular flexibility index (Phi) is 4.51. The van der Waals surface area contributed by atoms with Gasteiger partial charge in [0.1, 0.15) is 5.52 Å². The number of fused-ring (bicyclic) bond motifs is 1. The van der Waals surface area contributed by atoms with Gasteiger partial charge in [-0.1, -0.05) is 12.1 Å². The van der Waals surface area contributed by atoms with E-state index in [0.717, 1.165) is 11.1 Å². The van der Waals surface area contributed by atoms with Crippen molar-refractivity contribution in [2.45, 2.75) is 0 Å². The Morgan fingerprint density at radius 1 is 1.04 bits per heavy atom. The van der Waals surface area contributed by atoms with Crippen LogP contribution in [0.3, 0.4) is 0 Å². The van der Waals surface area contributed by atoms with E-state index in [9.17, 15) is 0 Å². The summed E-state index contributed by atoms with van der Waals surface area (Å²) in [5, 5.41) is 4.13. The van der Waals surface area contributed by atoms with Crippen molar-refractivity contribution < 1.29 is 18.6 Å². The van der Waals surface area contributed by atoms with Gasteiger partial charge in [-0.2, -0.15) is 10.1 Å². The first-order chi connectivity index (χ1) is 11.7. The van der Waals surface area contributed by atoms with Crippen molar-refractivity contribution in [3.05, 3.63) is 42.0 Å². The molecular weight excluding hydrogens is 310 g/mol. The van der Waals surface area contributed by atoms with E-state index in [1.165, 1.54) is 0 Å². The Morgan fingerprint density at radius 3 is 2.38 bits per heavy atom. The van der Waals surface area contributed by atoms with Crippen molar-refractivity contribution in [2.24, 2.45) is 5.10 Å². The molecule has 0 amide bonds. The molecule has 0 atom stereocenters. The van der Waals surface area contributed by atoms with Crippen LogP contribution < -0.4 is 19.6 Å². The standard InChI is InChI=1S/C17H17N3O4/c1-21-14-8-11(9-15(22-2)16(14)23-3)10-18-20-17-19-12-6-4-5-7-13(12)24-17/h4-10H,1-3H3,(H,19,20)/b18-10-. The van der Waals surface area contributed by atoms with E-state index in [0.29, 0.717) is 28.8 Å². The summed E-state index contributed by atoms with van der Waals surface area (Å²) in [6, 6.07) is 11.4. The Labute approximate surface area is 138 Å². The smallest absolute Gasteiger partial charge is 0.316 e. The third kappa shape index (κ3) is 3.10. The number of rotatable bonds is 6. The molecule has 0 aliphatic carbocycles. The summed E-state index contributed by atoms with van der Waals surface area (Å²) in [6.07, 6.45) is 1.61. The predicted molar refractivity (Wildman–Crippen MR) is 91.3 cm³/mol. The van der Waals surface area contributed by atoms with Gasteiger partial charge in [0.05, 0.1) is 27.5 Å². The van der Waals surface area contributed by atoms with Crippen LogP contribution >= 0.6 is 0 Å². The molecule has 1 aromatic heterocycles. The van der Waals surface area contributed by atoms with E-state index in [4.69, 9.17) is 18.6 Å². The van der Waals surface area contributed by atoms with Gasteiger partial charge >= 0.3 is 6.01 Å². The quantitative estimate of drug-likeness (QED) is 0.553. The largest absolute Gasteiger partial charge is 0.493 e. The van der Waals surface area contributed by atoms with Gasteiger partial charge < -0.3 is 18.6 Å². The third-order valence-corrected chi connectivity index (χ3v) is 3.35. The maximum Gasteiger partial charge on any atom is 0.316 e. The zero-order valence-corrected chi connectivity index (χ0v) is 13.6. The first-order valence-corrected chi connectivity index (χ1v) is 7.20. The number of nitrogens with zero attached hydrogens (tertiary/aromatic N) is 2. The summed E-state index contributed by atoms with van der Waals surface area (Å²) in [7, 11) is 4.69. The number of hydrazone groups is 1. The van der Waals surface area contributed by atoms with Crippen molar-refractivity contribution in [3.8, 4) is 17.2 Å². The van der Waals surface area contributed by atoms with E-state index in [1.54, 1.807) is 39.7 Å². The molecule has 3 rings (SSSR count). The highest BCUT2D eigenvalue weighted by molar-refractivity contribution is 5.83. The maximum absolute atomic E-state index is 5.53. The Balaban J connectivity index is 1.80. The minimum Gasteiger partial charge on any atom is -0.493 e. The van der Waals surface area contributed by atoms with Gasteiger partial charge in [0, 0.05) is 5.56 Å². The molecule has 0 aliphatic heterocycles. The molecular formula is C17H17N3O4. The molecule has 2 aromatic carbocycles. The van der Waals surface area contributed by atoms with E-state index in [2.05, 4.69) is 15.5 Å². The zero-order chi connectivity index (χ0) is 16.9. The fraction of sp³-hybridized carbons (Fsp3) is 0.176. The maximum atomic E-state index is 5.53. The van der Waals surface area contributed by atoms with Crippen molar-refractivity contribution in [1.82, 2.24) is 4.98 Å². The average molecular weight is 327 g/mol. The van der Waals surface area contributed by atoms with Crippen LogP contribution in [0.1, 0.15) is 5.56 Å². The van der Waals surface area contributed by atoms with Crippen LogP contribution in [0.2, 0.25) is 0 Å². The van der Waals surface area contributed by atoms with E-state index < -0.39 is 0 Å². The number of nitrogens with one attached hydrogen (secondary N) is 1. The first kappa shape index (κ1) is 15.7. The SMILES string of the molecule is COc1cc(/C=N\Nc2nc3ccccc3o2)cc(OC)c1OC. The molecule has 24 heavy (non-hydrogen) atoms. The number of hydrogen-bond donors (Lipinski definition) is 1. The lowest BCUT2D eigenvalue weighted by Gasteiger charge is -2.12. The Morgan fingerprint density at radius 2 is 1.75 bits per heavy atom.